The zero-order valence-corrected chi connectivity index (χ0v) is 13.6. The number of urea groups is 1. The van der Waals surface area contributed by atoms with Crippen LogP contribution < -0.4 is 4.90 Å². The van der Waals surface area contributed by atoms with Gasteiger partial charge in [-0.3, -0.25) is 4.90 Å². The van der Waals surface area contributed by atoms with Crippen LogP contribution in [0, 0.1) is 29.1 Å². The molecule has 2 amide bonds. The molecule has 0 spiro atoms. The molecule has 28 heavy (non-hydrogen) atoms. The third-order valence-electron chi connectivity index (χ3n) is 4.10. The second-order valence-corrected chi connectivity index (χ2v) is 5.81. The molecule has 150 valence electrons. The first kappa shape index (κ1) is 19.8. The van der Waals surface area contributed by atoms with Crippen LogP contribution in [-0.4, -0.2) is 29.0 Å². The monoisotopic (exact) mass is 411 g/mol. The van der Waals surface area contributed by atoms with E-state index in [0.717, 1.165) is 15.9 Å². The predicted octanol–water partition coefficient (Wildman–Crippen LogP) is 4.24. The summed E-state index contributed by atoms with van der Waals surface area (Å²) in [5.41, 5.74) is -2.23. The molecule has 0 unspecified atom stereocenters. The zero-order chi connectivity index (χ0) is 20.8. The third-order valence-corrected chi connectivity index (χ3v) is 4.10. The Morgan fingerprint density at radius 1 is 0.893 bits per heavy atom. The van der Waals surface area contributed by atoms with E-state index in [-0.39, 0.29) is 18.9 Å². The number of hydrogen-bond donors (Lipinski definition) is 0. The van der Waals surface area contributed by atoms with Gasteiger partial charge in [-0.05, 0) is 12.1 Å². The molecule has 1 saturated heterocycles. The summed E-state index contributed by atoms with van der Waals surface area (Å²) in [7, 11) is 0. The number of halogens is 8. The second-order valence-electron chi connectivity index (χ2n) is 5.81. The van der Waals surface area contributed by atoms with Crippen LogP contribution in [-0.2, 0) is 12.7 Å². The fourth-order valence-electron chi connectivity index (χ4n) is 2.64. The van der Waals surface area contributed by atoms with Gasteiger partial charge in [-0.1, -0.05) is 0 Å². The molecule has 2 heterocycles. The van der Waals surface area contributed by atoms with E-state index in [9.17, 15) is 39.9 Å². The van der Waals surface area contributed by atoms with Crippen LogP contribution in [0.25, 0.3) is 0 Å². The first-order valence-electron chi connectivity index (χ1n) is 7.62. The normalized spacial score (nSPS) is 14.9. The number of aromatic nitrogens is 1. The highest BCUT2D eigenvalue weighted by molar-refractivity contribution is 5.93. The number of carbonyl (C=O) groups excluding carboxylic acids is 1. The minimum Gasteiger partial charge on any atom is -0.318 e. The standard InChI is InChI=1S/C16H9F8N3O/c17-10-8(11(18)13(20)14(21)12(10)19)6-26-3-4-27(15(26)28)9-2-1-7(5-25-9)16(22,23)24/h1-2,5H,3-4,6H2. The van der Waals surface area contributed by atoms with E-state index in [1.807, 2.05) is 0 Å². The number of anilines is 1. The number of alkyl halides is 3. The lowest BCUT2D eigenvalue weighted by atomic mass is 10.1. The minimum absolute atomic E-state index is 0.105. The van der Waals surface area contributed by atoms with Gasteiger partial charge in [0.1, 0.15) is 5.82 Å². The summed E-state index contributed by atoms with van der Waals surface area (Å²) in [5.74, 6) is -10.9. The molecule has 12 heteroatoms. The highest BCUT2D eigenvalue weighted by Crippen LogP contribution is 2.30. The van der Waals surface area contributed by atoms with Crippen LogP contribution in [0.2, 0.25) is 0 Å². The Bertz CT molecular complexity index is 900. The maximum atomic E-state index is 13.8. The Kier molecular flexibility index (Phi) is 4.90. The van der Waals surface area contributed by atoms with Crippen molar-refractivity contribution >= 4 is 11.8 Å². The van der Waals surface area contributed by atoms with Crippen LogP contribution >= 0.6 is 0 Å². The van der Waals surface area contributed by atoms with Crippen molar-refractivity contribution in [3.63, 3.8) is 0 Å². The molecule has 3 rings (SSSR count). The van der Waals surface area contributed by atoms with Crippen LogP contribution in [0.4, 0.5) is 45.7 Å². The van der Waals surface area contributed by atoms with Crippen molar-refractivity contribution in [1.82, 2.24) is 9.88 Å². The van der Waals surface area contributed by atoms with Gasteiger partial charge >= 0.3 is 12.2 Å². The SMILES string of the molecule is O=C1N(Cc2c(F)c(F)c(F)c(F)c2F)CCN1c1ccc(C(F)(F)F)cn1. The van der Waals surface area contributed by atoms with E-state index in [2.05, 4.69) is 4.98 Å². The molecular weight excluding hydrogens is 402 g/mol. The predicted molar refractivity (Wildman–Crippen MR) is 78.6 cm³/mol. The molecule has 2 aromatic rings. The second kappa shape index (κ2) is 6.91. The topological polar surface area (TPSA) is 36.4 Å². The smallest absolute Gasteiger partial charge is 0.318 e. The van der Waals surface area contributed by atoms with Crippen molar-refractivity contribution < 1.29 is 39.9 Å². The van der Waals surface area contributed by atoms with Crippen molar-refractivity contribution in [2.24, 2.45) is 0 Å². The fraction of sp³-hybridized carbons (Fsp3) is 0.250. The molecule has 0 radical (unpaired) electrons. The average Bonchev–Trinajstić information content (AvgIpc) is 3.02. The summed E-state index contributed by atoms with van der Waals surface area (Å²) < 4.78 is 105. The number of hydrogen-bond acceptors (Lipinski definition) is 2. The van der Waals surface area contributed by atoms with Gasteiger partial charge < -0.3 is 4.90 Å². The van der Waals surface area contributed by atoms with Crippen molar-refractivity contribution in [3.05, 3.63) is 58.5 Å². The summed E-state index contributed by atoms with van der Waals surface area (Å²) in [6.45, 7) is -1.19. The Labute approximate surface area is 152 Å². The molecule has 1 aliphatic heterocycles. The first-order chi connectivity index (χ1) is 13.0. The number of amides is 2. The van der Waals surface area contributed by atoms with E-state index in [1.54, 1.807) is 0 Å². The van der Waals surface area contributed by atoms with Crippen molar-refractivity contribution in [3.8, 4) is 0 Å². The van der Waals surface area contributed by atoms with Gasteiger partial charge in [-0.25, -0.2) is 31.7 Å². The zero-order valence-electron chi connectivity index (χ0n) is 13.6. The van der Waals surface area contributed by atoms with Crippen LogP contribution in [0.3, 0.4) is 0 Å². The molecule has 0 atom stereocenters. The Morgan fingerprint density at radius 3 is 1.96 bits per heavy atom. The van der Waals surface area contributed by atoms with Crippen molar-refractivity contribution in [2.75, 3.05) is 18.0 Å². The minimum atomic E-state index is -4.63. The number of rotatable bonds is 3. The molecule has 0 saturated carbocycles. The van der Waals surface area contributed by atoms with E-state index in [4.69, 9.17) is 0 Å². The van der Waals surface area contributed by atoms with Gasteiger partial charge in [0.25, 0.3) is 0 Å². The molecule has 0 N–H and O–H groups in total. The van der Waals surface area contributed by atoms with E-state index < -0.39 is 59.0 Å². The maximum Gasteiger partial charge on any atom is 0.417 e. The number of benzene rings is 1. The summed E-state index contributed by atoms with van der Waals surface area (Å²) >= 11 is 0. The quantitative estimate of drug-likeness (QED) is 0.431. The third kappa shape index (κ3) is 3.34. The van der Waals surface area contributed by atoms with Gasteiger partial charge in [-0.15, -0.1) is 0 Å². The summed E-state index contributed by atoms with van der Waals surface area (Å²) in [4.78, 5) is 17.6. The lowest BCUT2D eigenvalue weighted by Crippen LogP contribution is -2.32. The molecule has 1 aromatic carbocycles. The molecule has 0 aliphatic carbocycles. The van der Waals surface area contributed by atoms with Gasteiger partial charge in [0.15, 0.2) is 23.3 Å². The largest absolute Gasteiger partial charge is 0.417 e. The molecular formula is C16H9F8N3O. The van der Waals surface area contributed by atoms with Gasteiger partial charge in [0.05, 0.1) is 12.1 Å². The van der Waals surface area contributed by atoms with Crippen molar-refractivity contribution in [1.29, 1.82) is 0 Å². The average molecular weight is 411 g/mol. The van der Waals surface area contributed by atoms with Crippen molar-refractivity contribution in [2.45, 2.75) is 12.7 Å². The number of nitrogens with zero attached hydrogens (tertiary/aromatic N) is 3. The molecule has 4 nitrogen and oxygen atoms in total. The van der Waals surface area contributed by atoms with Gasteiger partial charge in [0.2, 0.25) is 5.82 Å². The molecule has 1 fully saturated rings. The highest BCUT2D eigenvalue weighted by Gasteiger charge is 2.35. The molecule has 1 aromatic heterocycles. The van der Waals surface area contributed by atoms with Crippen LogP contribution in [0.1, 0.15) is 11.1 Å². The number of pyridine rings is 1. The first-order valence-corrected chi connectivity index (χ1v) is 7.62. The Hall–Kier alpha value is -2.92. The highest BCUT2D eigenvalue weighted by atomic mass is 19.4. The fourth-order valence-corrected chi connectivity index (χ4v) is 2.64. The maximum absolute atomic E-state index is 13.8. The summed E-state index contributed by atoms with van der Waals surface area (Å²) in [6, 6.07) is 0.724. The Morgan fingerprint density at radius 2 is 1.46 bits per heavy atom. The Balaban J connectivity index is 1.82. The van der Waals surface area contributed by atoms with E-state index in [1.165, 1.54) is 0 Å². The van der Waals surface area contributed by atoms with Gasteiger partial charge in [0, 0.05) is 24.8 Å². The van der Waals surface area contributed by atoms with E-state index in [0.29, 0.717) is 12.3 Å². The summed E-state index contributed by atoms with van der Waals surface area (Å²) in [5, 5.41) is 0. The van der Waals surface area contributed by atoms with Gasteiger partial charge in [-0.2, -0.15) is 13.2 Å². The lowest BCUT2D eigenvalue weighted by Gasteiger charge is -2.19. The van der Waals surface area contributed by atoms with Crippen LogP contribution in [0.15, 0.2) is 18.3 Å². The molecule has 0 bridgehead atoms. The summed E-state index contributed by atoms with van der Waals surface area (Å²) in [6.07, 6.45) is -4.12. The van der Waals surface area contributed by atoms with E-state index >= 15 is 0 Å². The van der Waals surface area contributed by atoms with Crippen LogP contribution in [0.5, 0.6) is 0 Å². The lowest BCUT2D eigenvalue weighted by molar-refractivity contribution is -0.137. The molecule has 1 aliphatic rings. The number of carbonyl (C=O) groups is 1.